The van der Waals surface area contributed by atoms with E-state index in [1.54, 1.807) is 0 Å². The smallest absolute Gasteiger partial charge is 0.339 e. The number of benzene rings is 1. The Bertz CT molecular complexity index is 426. The molecule has 0 aliphatic carbocycles. The molecule has 0 saturated heterocycles. The second kappa shape index (κ2) is 5.44. The molecule has 0 unspecified atom stereocenters. The Labute approximate surface area is 97.4 Å². The zero-order valence-corrected chi connectivity index (χ0v) is 9.22. The molecule has 1 N–H and O–H groups in total. The van der Waals surface area contributed by atoms with Crippen molar-refractivity contribution in [3.8, 4) is 11.8 Å². The summed E-state index contributed by atoms with van der Waals surface area (Å²) >= 11 is 5.66. The minimum atomic E-state index is -1.15. The van der Waals surface area contributed by atoms with E-state index in [4.69, 9.17) is 26.7 Å². The SMILES string of the molecule is COc1cc(C#N)c(Cl)cc1C(=O)O.Cl. The van der Waals surface area contributed by atoms with Crippen LogP contribution in [-0.2, 0) is 0 Å². The lowest BCUT2D eigenvalue weighted by atomic mass is 10.1. The van der Waals surface area contributed by atoms with Gasteiger partial charge >= 0.3 is 5.97 Å². The third kappa shape index (κ3) is 2.75. The van der Waals surface area contributed by atoms with Crippen LogP contribution >= 0.6 is 24.0 Å². The summed E-state index contributed by atoms with van der Waals surface area (Å²) < 4.78 is 4.81. The zero-order chi connectivity index (χ0) is 10.7. The van der Waals surface area contributed by atoms with Crippen molar-refractivity contribution in [3.05, 3.63) is 28.3 Å². The van der Waals surface area contributed by atoms with Crippen molar-refractivity contribution in [3.63, 3.8) is 0 Å². The van der Waals surface area contributed by atoms with E-state index in [0.717, 1.165) is 0 Å². The third-order valence-corrected chi connectivity index (χ3v) is 1.95. The number of carboxylic acid groups (broad SMARTS) is 1. The van der Waals surface area contributed by atoms with Crippen LogP contribution < -0.4 is 4.74 Å². The highest BCUT2D eigenvalue weighted by Crippen LogP contribution is 2.26. The van der Waals surface area contributed by atoms with E-state index in [1.165, 1.54) is 19.2 Å². The minimum absolute atomic E-state index is 0. The Balaban J connectivity index is 0.00000196. The summed E-state index contributed by atoms with van der Waals surface area (Å²) in [5, 5.41) is 17.5. The summed E-state index contributed by atoms with van der Waals surface area (Å²) in [5.74, 6) is -1.02. The molecule has 1 rings (SSSR count). The van der Waals surface area contributed by atoms with Crippen LogP contribution in [0, 0.1) is 11.3 Å². The molecule has 0 radical (unpaired) electrons. The summed E-state index contributed by atoms with van der Waals surface area (Å²) in [5.41, 5.74) is 0.130. The Kier molecular flexibility index (Phi) is 4.92. The second-order valence-corrected chi connectivity index (χ2v) is 2.86. The molecule has 1 aromatic rings. The van der Waals surface area contributed by atoms with Gasteiger partial charge in [-0.3, -0.25) is 0 Å². The van der Waals surface area contributed by atoms with Gasteiger partial charge in [0, 0.05) is 6.07 Å². The van der Waals surface area contributed by atoms with E-state index in [2.05, 4.69) is 0 Å². The van der Waals surface area contributed by atoms with Gasteiger partial charge in [0.15, 0.2) is 0 Å². The molecule has 4 nitrogen and oxygen atoms in total. The van der Waals surface area contributed by atoms with Gasteiger partial charge in [-0.05, 0) is 6.07 Å². The van der Waals surface area contributed by atoms with Crippen LogP contribution in [0.25, 0.3) is 0 Å². The van der Waals surface area contributed by atoms with Gasteiger partial charge in [0.2, 0.25) is 0 Å². The van der Waals surface area contributed by atoms with Gasteiger partial charge < -0.3 is 9.84 Å². The molecule has 0 fully saturated rings. The Morgan fingerprint density at radius 2 is 2.20 bits per heavy atom. The number of ether oxygens (including phenoxy) is 1. The van der Waals surface area contributed by atoms with Crippen LogP contribution in [0.3, 0.4) is 0 Å². The molecule has 0 spiro atoms. The number of nitriles is 1. The molecule has 0 aromatic heterocycles. The summed E-state index contributed by atoms with van der Waals surface area (Å²) in [6.07, 6.45) is 0. The Morgan fingerprint density at radius 1 is 1.60 bits per heavy atom. The molecule has 0 aliphatic heterocycles. The number of hydrogen-bond acceptors (Lipinski definition) is 3. The normalized spacial score (nSPS) is 8.60. The van der Waals surface area contributed by atoms with Crippen molar-refractivity contribution >= 4 is 30.0 Å². The molecule has 80 valence electrons. The fourth-order valence-corrected chi connectivity index (χ4v) is 1.18. The lowest BCUT2D eigenvalue weighted by Gasteiger charge is -2.05. The van der Waals surface area contributed by atoms with Crippen LogP contribution in [0.15, 0.2) is 12.1 Å². The van der Waals surface area contributed by atoms with Crippen LogP contribution in [-0.4, -0.2) is 18.2 Å². The van der Waals surface area contributed by atoms with Crippen molar-refractivity contribution in [2.75, 3.05) is 7.11 Å². The summed E-state index contributed by atoms with van der Waals surface area (Å²) in [6.45, 7) is 0. The molecular formula is C9H7Cl2NO3. The molecule has 0 amide bonds. The second-order valence-electron chi connectivity index (χ2n) is 2.45. The predicted octanol–water partition coefficient (Wildman–Crippen LogP) is 2.34. The molecule has 1 aromatic carbocycles. The predicted molar refractivity (Wildman–Crippen MR) is 56.9 cm³/mol. The lowest BCUT2D eigenvalue weighted by molar-refractivity contribution is 0.0693. The molecule has 0 heterocycles. The zero-order valence-electron chi connectivity index (χ0n) is 7.65. The molecule has 6 heteroatoms. The first kappa shape index (κ1) is 13.6. The van der Waals surface area contributed by atoms with E-state index in [-0.39, 0.29) is 34.3 Å². The van der Waals surface area contributed by atoms with Gasteiger partial charge in [-0.25, -0.2) is 4.79 Å². The molecule has 0 atom stereocenters. The van der Waals surface area contributed by atoms with Crippen molar-refractivity contribution < 1.29 is 14.6 Å². The average molecular weight is 248 g/mol. The van der Waals surface area contributed by atoms with Gasteiger partial charge in [-0.2, -0.15) is 5.26 Å². The van der Waals surface area contributed by atoms with Gasteiger partial charge in [0.25, 0.3) is 0 Å². The van der Waals surface area contributed by atoms with E-state index in [9.17, 15) is 4.79 Å². The quantitative estimate of drug-likeness (QED) is 0.871. The number of carbonyl (C=O) groups is 1. The van der Waals surface area contributed by atoms with E-state index >= 15 is 0 Å². The molecule has 15 heavy (non-hydrogen) atoms. The van der Waals surface area contributed by atoms with Crippen LogP contribution in [0.2, 0.25) is 5.02 Å². The van der Waals surface area contributed by atoms with Gasteiger partial charge in [-0.15, -0.1) is 12.4 Å². The maximum atomic E-state index is 10.7. The maximum absolute atomic E-state index is 10.7. The topological polar surface area (TPSA) is 70.3 Å². The molecule has 0 saturated carbocycles. The van der Waals surface area contributed by atoms with Gasteiger partial charge in [0.05, 0.1) is 17.7 Å². The number of nitrogens with zero attached hydrogens (tertiary/aromatic N) is 1. The monoisotopic (exact) mass is 247 g/mol. The largest absolute Gasteiger partial charge is 0.496 e. The third-order valence-electron chi connectivity index (χ3n) is 1.64. The van der Waals surface area contributed by atoms with Crippen LogP contribution in [0.1, 0.15) is 15.9 Å². The summed E-state index contributed by atoms with van der Waals surface area (Å²) in [7, 11) is 1.33. The molecular weight excluding hydrogens is 241 g/mol. The highest BCUT2D eigenvalue weighted by molar-refractivity contribution is 6.32. The summed E-state index contributed by atoms with van der Waals surface area (Å²) in [4.78, 5) is 10.7. The first-order chi connectivity index (χ1) is 6.60. The molecule has 0 bridgehead atoms. The van der Waals surface area contributed by atoms with Crippen LogP contribution in [0.5, 0.6) is 5.75 Å². The number of halogens is 2. The van der Waals surface area contributed by atoms with Crippen molar-refractivity contribution in [1.29, 1.82) is 5.26 Å². The Hall–Kier alpha value is -1.44. The number of carboxylic acids is 1. The van der Waals surface area contributed by atoms with Crippen molar-refractivity contribution in [1.82, 2.24) is 0 Å². The van der Waals surface area contributed by atoms with E-state index in [1.807, 2.05) is 6.07 Å². The number of aromatic carboxylic acids is 1. The highest BCUT2D eigenvalue weighted by atomic mass is 35.5. The van der Waals surface area contributed by atoms with Gasteiger partial charge in [0.1, 0.15) is 17.4 Å². The Morgan fingerprint density at radius 3 is 2.60 bits per heavy atom. The lowest BCUT2D eigenvalue weighted by Crippen LogP contribution is -2.01. The number of rotatable bonds is 2. The van der Waals surface area contributed by atoms with Gasteiger partial charge in [-0.1, -0.05) is 11.6 Å². The highest BCUT2D eigenvalue weighted by Gasteiger charge is 2.14. The van der Waals surface area contributed by atoms with Crippen molar-refractivity contribution in [2.45, 2.75) is 0 Å². The average Bonchev–Trinajstić information content (AvgIpc) is 2.17. The van der Waals surface area contributed by atoms with E-state index in [0.29, 0.717) is 0 Å². The molecule has 0 aliphatic rings. The number of hydrogen-bond donors (Lipinski definition) is 1. The van der Waals surface area contributed by atoms with Crippen molar-refractivity contribution in [2.24, 2.45) is 0 Å². The fraction of sp³-hybridized carbons (Fsp3) is 0.111. The first-order valence-corrected chi connectivity index (χ1v) is 3.99. The standard InChI is InChI=1S/C9H6ClNO3.ClH/c1-14-8-2-5(4-11)7(10)3-6(8)9(12)13;/h2-3H,1H3,(H,12,13);1H. The maximum Gasteiger partial charge on any atom is 0.339 e. The number of methoxy groups -OCH3 is 1. The van der Waals surface area contributed by atoms with E-state index < -0.39 is 5.97 Å². The first-order valence-electron chi connectivity index (χ1n) is 3.61. The summed E-state index contributed by atoms with van der Waals surface area (Å²) in [6, 6.07) is 4.32. The fourth-order valence-electron chi connectivity index (χ4n) is 0.975. The minimum Gasteiger partial charge on any atom is -0.496 e. The van der Waals surface area contributed by atoms with Crippen LogP contribution in [0.4, 0.5) is 0 Å².